The second-order valence-electron chi connectivity index (χ2n) is 6.50. The molecule has 3 aromatic heterocycles. The molecule has 0 atom stereocenters. The molecule has 134 valence electrons. The van der Waals surface area contributed by atoms with Crippen LogP contribution in [-0.4, -0.2) is 31.6 Å². The van der Waals surface area contributed by atoms with Gasteiger partial charge in [-0.05, 0) is 37.1 Å². The van der Waals surface area contributed by atoms with Crippen LogP contribution >= 0.6 is 0 Å². The summed E-state index contributed by atoms with van der Waals surface area (Å²) in [4.78, 5) is 18.1. The standard InChI is InChI=1S/C20H18N6O/c1-27-17-5-3-2-4-15(17)24-20-22-12-16-19(25-20)26(14-6-7-14)18(23-16)13-8-10-21-11-9-13/h2-5,8-12,14H,6-7H2,1H3,(H,22,24,25). The highest BCUT2D eigenvalue weighted by atomic mass is 16.5. The number of rotatable bonds is 5. The van der Waals surface area contributed by atoms with Gasteiger partial charge in [-0.15, -0.1) is 0 Å². The van der Waals surface area contributed by atoms with Crippen LogP contribution in [0.4, 0.5) is 11.6 Å². The van der Waals surface area contributed by atoms with E-state index in [0.717, 1.165) is 46.8 Å². The third kappa shape index (κ3) is 2.87. The SMILES string of the molecule is COc1ccccc1Nc1ncc2nc(-c3ccncc3)n(C3CC3)c2n1. The fraction of sp³-hybridized carbons (Fsp3) is 0.200. The molecule has 1 N–H and O–H groups in total. The van der Waals surface area contributed by atoms with E-state index in [4.69, 9.17) is 14.7 Å². The Balaban J connectivity index is 1.60. The number of benzene rings is 1. The van der Waals surface area contributed by atoms with Gasteiger partial charge in [-0.25, -0.2) is 9.97 Å². The van der Waals surface area contributed by atoms with Crippen LogP contribution in [-0.2, 0) is 0 Å². The van der Waals surface area contributed by atoms with E-state index in [9.17, 15) is 0 Å². The number of pyridine rings is 1. The van der Waals surface area contributed by atoms with Crippen LogP contribution in [0.25, 0.3) is 22.6 Å². The number of aromatic nitrogens is 5. The highest BCUT2D eigenvalue weighted by Gasteiger charge is 2.29. The lowest BCUT2D eigenvalue weighted by atomic mass is 10.2. The highest BCUT2D eigenvalue weighted by molar-refractivity contribution is 5.78. The average Bonchev–Trinajstić information content (AvgIpc) is 3.49. The van der Waals surface area contributed by atoms with E-state index < -0.39 is 0 Å². The maximum absolute atomic E-state index is 5.40. The Morgan fingerprint density at radius 1 is 1.07 bits per heavy atom. The lowest BCUT2D eigenvalue weighted by molar-refractivity contribution is 0.417. The van der Waals surface area contributed by atoms with Crippen molar-refractivity contribution in [3.8, 4) is 17.1 Å². The van der Waals surface area contributed by atoms with Crippen LogP contribution in [0.2, 0.25) is 0 Å². The summed E-state index contributed by atoms with van der Waals surface area (Å²) in [6.45, 7) is 0. The van der Waals surface area contributed by atoms with Crippen molar-refractivity contribution in [3.05, 3.63) is 55.0 Å². The van der Waals surface area contributed by atoms with Crippen LogP contribution in [0.5, 0.6) is 5.75 Å². The van der Waals surface area contributed by atoms with Gasteiger partial charge >= 0.3 is 0 Å². The quantitative estimate of drug-likeness (QED) is 0.581. The second kappa shape index (κ2) is 6.35. The summed E-state index contributed by atoms with van der Waals surface area (Å²) in [7, 11) is 1.65. The molecule has 1 aliphatic carbocycles. The van der Waals surface area contributed by atoms with E-state index in [1.165, 1.54) is 0 Å². The number of para-hydroxylation sites is 2. The Labute approximate surface area is 156 Å². The number of ether oxygens (including phenoxy) is 1. The maximum Gasteiger partial charge on any atom is 0.229 e. The van der Waals surface area contributed by atoms with E-state index in [1.54, 1.807) is 25.7 Å². The Kier molecular flexibility index (Phi) is 3.71. The van der Waals surface area contributed by atoms with Crippen molar-refractivity contribution in [1.82, 2.24) is 24.5 Å². The minimum Gasteiger partial charge on any atom is -0.495 e. The van der Waals surface area contributed by atoms with Crippen LogP contribution < -0.4 is 10.1 Å². The first-order valence-electron chi connectivity index (χ1n) is 8.89. The number of methoxy groups -OCH3 is 1. The largest absolute Gasteiger partial charge is 0.495 e. The number of hydrogen-bond donors (Lipinski definition) is 1. The Morgan fingerprint density at radius 3 is 2.67 bits per heavy atom. The molecule has 0 radical (unpaired) electrons. The summed E-state index contributed by atoms with van der Waals surface area (Å²) >= 11 is 0. The summed E-state index contributed by atoms with van der Waals surface area (Å²) in [6.07, 6.45) is 7.62. The summed E-state index contributed by atoms with van der Waals surface area (Å²) < 4.78 is 7.62. The molecule has 27 heavy (non-hydrogen) atoms. The minimum absolute atomic E-state index is 0.437. The molecular formula is C20H18N6O. The zero-order chi connectivity index (χ0) is 18.2. The minimum atomic E-state index is 0.437. The molecule has 7 heteroatoms. The normalized spacial score (nSPS) is 13.7. The van der Waals surface area contributed by atoms with Crippen molar-refractivity contribution in [1.29, 1.82) is 0 Å². The smallest absolute Gasteiger partial charge is 0.229 e. The van der Waals surface area contributed by atoms with Crippen molar-refractivity contribution in [3.63, 3.8) is 0 Å². The fourth-order valence-electron chi connectivity index (χ4n) is 3.20. The van der Waals surface area contributed by atoms with Gasteiger partial charge in [0.2, 0.25) is 5.95 Å². The maximum atomic E-state index is 5.40. The zero-order valence-corrected chi connectivity index (χ0v) is 14.8. The van der Waals surface area contributed by atoms with Crippen molar-refractivity contribution in [2.75, 3.05) is 12.4 Å². The van der Waals surface area contributed by atoms with E-state index in [-0.39, 0.29) is 0 Å². The van der Waals surface area contributed by atoms with Gasteiger partial charge in [-0.3, -0.25) is 4.98 Å². The molecule has 1 fully saturated rings. The summed E-state index contributed by atoms with van der Waals surface area (Å²) in [5.41, 5.74) is 3.50. The molecular weight excluding hydrogens is 340 g/mol. The molecule has 0 bridgehead atoms. The number of hydrogen-bond acceptors (Lipinski definition) is 6. The third-order valence-electron chi connectivity index (χ3n) is 4.64. The first-order valence-corrected chi connectivity index (χ1v) is 8.89. The Hall–Kier alpha value is -3.48. The number of nitrogens with zero attached hydrogens (tertiary/aromatic N) is 5. The molecule has 0 spiro atoms. The lowest BCUT2D eigenvalue weighted by Crippen LogP contribution is -2.02. The zero-order valence-electron chi connectivity index (χ0n) is 14.8. The topological polar surface area (TPSA) is 77.8 Å². The molecule has 4 aromatic rings. The second-order valence-corrected chi connectivity index (χ2v) is 6.50. The highest BCUT2D eigenvalue weighted by Crippen LogP contribution is 2.40. The van der Waals surface area contributed by atoms with Crippen molar-refractivity contribution in [2.24, 2.45) is 0 Å². The Morgan fingerprint density at radius 2 is 1.89 bits per heavy atom. The van der Waals surface area contributed by atoms with Crippen LogP contribution in [0, 0.1) is 0 Å². The van der Waals surface area contributed by atoms with E-state index in [2.05, 4.69) is 19.9 Å². The molecule has 0 aliphatic heterocycles. The van der Waals surface area contributed by atoms with Crippen LogP contribution in [0.3, 0.4) is 0 Å². The van der Waals surface area contributed by atoms with Crippen molar-refractivity contribution in [2.45, 2.75) is 18.9 Å². The van der Waals surface area contributed by atoms with Gasteiger partial charge in [0.15, 0.2) is 5.65 Å². The number of nitrogens with one attached hydrogen (secondary N) is 1. The van der Waals surface area contributed by atoms with Gasteiger partial charge in [-0.1, -0.05) is 12.1 Å². The summed E-state index contributed by atoms with van der Waals surface area (Å²) in [6, 6.07) is 12.1. The van der Waals surface area contributed by atoms with Crippen LogP contribution in [0.15, 0.2) is 55.0 Å². The average molecular weight is 358 g/mol. The molecule has 7 nitrogen and oxygen atoms in total. The predicted octanol–water partition coefficient (Wildman–Crippen LogP) is 3.98. The summed E-state index contributed by atoms with van der Waals surface area (Å²) in [5, 5.41) is 3.25. The van der Waals surface area contributed by atoms with Gasteiger partial charge in [0, 0.05) is 24.0 Å². The molecule has 5 rings (SSSR count). The predicted molar refractivity (Wildman–Crippen MR) is 103 cm³/mol. The molecule has 0 unspecified atom stereocenters. The van der Waals surface area contributed by atoms with E-state index in [0.29, 0.717) is 12.0 Å². The van der Waals surface area contributed by atoms with Gasteiger partial charge in [0.05, 0.1) is 19.0 Å². The molecule has 1 saturated carbocycles. The summed E-state index contributed by atoms with van der Waals surface area (Å²) in [5.74, 6) is 2.18. The third-order valence-corrected chi connectivity index (χ3v) is 4.64. The van der Waals surface area contributed by atoms with Gasteiger partial charge in [0.25, 0.3) is 0 Å². The van der Waals surface area contributed by atoms with Crippen LogP contribution in [0.1, 0.15) is 18.9 Å². The van der Waals surface area contributed by atoms with E-state index >= 15 is 0 Å². The van der Waals surface area contributed by atoms with Crippen molar-refractivity contribution < 1.29 is 4.74 Å². The molecule has 0 saturated heterocycles. The molecule has 0 amide bonds. The first-order chi connectivity index (χ1) is 13.3. The number of imidazole rings is 1. The van der Waals surface area contributed by atoms with Gasteiger partial charge in [0.1, 0.15) is 17.1 Å². The Bertz CT molecular complexity index is 1100. The van der Waals surface area contributed by atoms with Gasteiger partial charge in [-0.2, -0.15) is 4.98 Å². The molecule has 1 aromatic carbocycles. The number of fused-ring (bicyclic) bond motifs is 1. The van der Waals surface area contributed by atoms with Gasteiger partial charge < -0.3 is 14.6 Å². The fourth-order valence-corrected chi connectivity index (χ4v) is 3.20. The monoisotopic (exact) mass is 358 g/mol. The molecule has 1 aliphatic rings. The molecule has 3 heterocycles. The number of anilines is 2. The van der Waals surface area contributed by atoms with E-state index in [1.807, 2.05) is 36.4 Å². The van der Waals surface area contributed by atoms with Crippen molar-refractivity contribution >= 4 is 22.8 Å². The lowest BCUT2D eigenvalue weighted by Gasteiger charge is -2.10. The first kappa shape index (κ1) is 15.7.